The zero-order valence-electron chi connectivity index (χ0n) is 11.0. The van der Waals surface area contributed by atoms with Gasteiger partial charge in [0.15, 0.2) is 0 Å². The molecule has 3 rings (SSSR count). The van der Waals surface area contributed by atoms with Crippen LogP contribution in [-0.2, 0) is 9.53 Å². The molecule has 0 saturated carbocycles. The van der Waals surface area contributed by atoms with Gasteiger partial charge in [-0.05, 0) is 39.9 Å². The number of thiophene rings is 2. The van der Waals surface area contributed by atoms with E-state index in [1.165, 1.54) is 0 Å². The average Bonchev–Trinajstić information content (AvgIpc) is 3.18. The molecule has 20 heavy (non-hydrogen) atoms. The lowest BCUT2D eigenvalue weighted by Gasteiger charge is -2.27. The Morgan fingerprint density at radius 3 is 2.75 bits per heavy atom. The summed E-state index contributed by atoms with van der Waals surface area (Å²) in [6.45, 7) is 2.60. The van der Waals surface area contributed by atoms with Crippen LogP contribution in [0.25, 0.3) is 11.6 Å². The first-order valence-corrected chi connectivity index (χ1v) is 8.31. The minimum absolute atomic E-state index is 0.0973. The summed E-state index contributed by atoms with van der Waals surface area (Å²) in [5, 5.41) is 6.05. The minimum atomic E-state index is 0.0973. The molecule has 0 unspecified atom stereocenters. The molecule has 2 aromatic rings. The molecule has 0 radical (unpaired) electrons. The van der Waals surface area contributed by atoms with Crippen LogP contribution in [0.15, 0.2) is 34.3 Å². The number of ether oxygens (including phenoxy) is 1. The molecule has 104 valence electrons. The molecule has 3 heterocycles. The first-order valence-electron chi connectivity index (χ1n) is 6.49. The van der Waals surface area contributed by atoms with E-state index in [4.69, 9.17) is 4.74 Å². The molecule has 1 aliphatic rings. The minimum Gasteiger partial charge on any atom is -0.378 e. The van der Waals surface area contributed by atoms with Crippen LogP contribution in [0.4, 0.5) is 0 Å². The maximum Gasteiger partial charge on any atom is 0.254 e. The molecule has 1 aliphatic heterocycles. The second-order valence-electron chi connectivity index (χ2n) is 4.49. The molecule has 3 nitrogen and oxygen atoms in total. The van der Waals surface area contributed by atoms with Crippen LogP contribution < -0.4 is 0 Å². The Bertz CT molecular complexity index is 581. The molecular formula is C15H15NO2S2. The van der Waals surface area contributed by atoms with E-state index < -0.39 is 0 Å². The van der Waals surface area contributed by atoms with Crippen molar-refractivity contribution in [2.45, 2.75) is 0 Å². The highest BCUT2D eigenvalue weighted by atomic mass is 32.1. The lowest BCUT2D eigenvalue weighted by molar-refractivity contribution is -0.128. The number of nitrogens with zero attached hydrogens (tertiary/aromatic N) is 1. The van der Waals surface area contributed by atoms with Crippen LogP contribution in [-0.4, -0.2) is 37.1 Å². The van der Waals surface area contributed by atoms with Gasteiger partial charge in [-0.15, -0.1) is 11.3 Å². The van der Waals surface area contributed by atoms with Gasteiger partial charge in [0.05, 0.1) is 13.2 Å². The van der Waals surface area contributed by atoms with Crippen LogP contribution in [0.3, 0.4) is 0 Å². The Hall–Kier alpha value is -1.43. The van der Waals surface area contributed by atoms with Crippen molar-refractivity contribution in [3.05, 3.63) is 44.8 Å². The highest BCUT2D eigenvalue weighted by Gasteiger charge is 2.22. The Kier molecular flexibility index (Phi) is 4.30. The predicted molar refractivity (Wildman–Crippen MR) is 83.9 cm³/mol. The summed E-state index contributed by atoms with van der Waals surface area (Å²) in [4.78, 5) is 15.7. The molecule has 2 aromatic heterocycles. The molecule has 0 aliphatic carbocycles. The van der Waals surface area contributed by atoms with E-state index in [-0.39, 0.29) is 5.91 Å². The summed E-state index contributed by atoms with van der Waals surface area (Å²) >= 11 is 3.26. The van der Waals surface area contributed by atoms with Crippen molar-refractivity contribution in [2.24, 2.45) is 0 Å². The van der Waals surface area contributed by atoms with Gasteiger partial charge in [-0.2, -0.15) is 11.3 Å². The highest BCUT2D eigenvalue weighted by molar-refractivity contribution is 7.11. The normalized spacial score (nSPS) is 16.4. The molecule has 0 N–H and O–H groups in total. The summed E-state index contributed by atoms with van der Waals surface area (Å²) in [6.07, 6.45) is 1.99. The van der Waals surface area contributed by atoms with Crippen LogP contribution in [0.2, 0.25) is 0 Å². The van der Waals surface area contributed by atoms with Gasteiger partial charge in [-0.25, -0.2) is 0 Å². The van der Waals surface area contributed by atoms with Gasteiger partial charge in [0.2, 0.25) is 0 Å². The third kappa shape index (κ3) is 3.00. The van der Waals surface area contributed by atoms with Crippen molar-refractivity contribution in [2.75, 3.05) is 26.3 Å². The van der Waals surface area contributed by atoms with Crippen molar-refractivity contribution in [3.8, 4) is 0 Å². The average molecular weight is 305 g/mol. The lowest BCUT2D eigenvalue weighted by atomic mass is 10.1. The summed E-state index contributed by atoms with van der Waals surface area (Å²) in [7, 11) is 0. The zero-order valence-corrected chi connectivity index (χ0v) is 12.6. The number of carbonyl (C=O) groups excluding carboxylic acids is 1. The Balaban J connectivity index is 1.91. The Morgan fingerprint density at radius 2 is 2.10 bits per heavy atom. The van der Waals surface area contributed by atoms with Crippen LogP contribution in [0.1, 0.15) is 10.4 Å². The number of hydrogen-bond donors (Lipinski definition) is 0. The molecule has 0 atom stereocenters. The van der Waals surface area contributed by atoms with E-state index in [9.17, 15) is 4.79 Å². The van der Waals surface area contributed by atoms with E-state index in [1.54, 1.807) is 22.7 Å². The maximum atomic E-state index is 12.7. The van der Waals surface area contributed by atoms with Crippen molar-refractivity contribution in [1.29, 1.82) is 0 Å². The molecule has 1 amide bonds. The van der Waals surface area contributed by atoms with Gasteiger partial charge in [0, 0.05) is 23.5 Å². The molecule has 0 aromatic carbocycles. The SMILES string of the molecule is O=C(/C(=C\c1cccs1)c1ccsc1)N1CCOCC1. The summed E-state index contributed by atoms with van der Waals surface area (Å²) in [5.74, 6) is 0.0973. The predicted octanol–water partition coefficient (Wildman–Crippen LogP) is 3.21. The fraction of sp³-hybridized carbons (Fsp3) is 0.267. The molecular weight excluding hydrogens is 290 g/mol. The van der Waals surface area contributed by atoms with Gasteiger partial charge in [0.25, 0.3) is 5.91 Å². The second-order valence-corrected chi connectivity index (χ2v) is 6.25. The van der Waals surface area contributed by atoms with E-state index >= 15 is 0 Å². The van der Waals surface area contributed by atoms with Crippen LogP contribution in [0, 0.1) is 0 Å². The topological polar surface area (TPSA) is 29.5 Å². The third-order valence-electron chi connectivity index (χ3n) is 3.19. The number of rotatable bonds is 3. The number of hydrogen-bond acceptors (Lipinski definition) is 4. The van der Waals surface area contributed by atoms with Crippen molar-refractivity contribution in [3.63, 3.8) is 0 Å². The smallest absolute Gasteiger partial charge is 0.254 e. The zero-order chi connectivity index (χ0) is 13.8. The van der Waals surface area contributed by atoms with Crippen LogP contribution >= 0.6 is 22.7 Å². The number of carbonyl (C=O) groups is 1. The number of morpholine rings is 1. The third-order valence-corrected chi connectivity index (χ3v) is 4.69. The molecule has 5 heteroatoms. The molecule has 1 saturated heterocycles. The van der Waals surface area contributed by atoms with E-state index in [0.717, 1.165) is 16.0 Å². The van der Waals surface area contributed by atoms with Crippen molar-refractivity contribution >= 4 is 40.2 Å². The first-order chi connectivity index (χ1) is 9.84. The van der Waals surface area contributed by atoms with E-state index in [2.05, 4.69) is 0 Å². The van der Waals surface area contributed by atoms with Gasteiger partial charge >= 0.3 is 0 Å². The van der Waals surface area contributed by atoms with Crippen LogP contribution in [0.5, 0.6) is 0 Å². The van der Waals surface area contributed by atoms with E-state index in [0.29, 0.717) is 26.3 Å². The first kappa shape index (κ1) is 13.5. The summed E-state index contributed by atoms with van der Waals surface area (Å²) < 4.78 is 5.32. The van der Waals surface area contributed by atoms with Gasteiger partial charge in [-0.3, -0.25) is 4.79 Å². The quantitative estimate of drug-likeness (QED) is 0.815. The van der Waals surface area contributed by atoms with Gasteiger partial charge in [0.1, 0.15) is 0 Å². The molecule has 1 fully saturated rings. The highest BCUT2D eigenvalue weighted by Crippen LogP contribution is 2.25. The fourth-order valence-electron chi connectivity index (χ4n) is 2.14. The standard InChI is InChI=1S/C15H15NO2S2/c17-15(16-4-6-18-7-5-16)14(12-3-9-19-11-12)10-13-2-1-8-20-13/h1-3,8-11H,4-7H2/b14-10-. The van der Waals surface area contributed by atoms with Gasteiger partial charge in [-0.1, -0.05) is 6.07 Å². The fourth-order valence-corrected chi connectivity index (χ4v) is 3.45. The molecule has 0 bridgehead atoms. The molecule has 0 spiro atoms. The monoisotopic (exact) mass is 305 g/mol. The van der Waals surface area contributed by atoms with E-state index in [1.807, 2.05) is 45.3 Å². The van der Waals surface area contributed by atoms with Crippen molar-refractivity contribution in [1.82, 2.24) is 4.90 Å². The second kappa shape index (κ2) is 6.35. The van der Waals surface area contributed by atoms with Gasteiger partial charge < -0.3 is 9.64 Å². The maximum absolute atomic E-state index is 12.7. The largest absolute Gasteiger partial charge is 0.378 e. The summed E-state index contributed by atoms with van der Waals surface area (Å²) in [5.41, 5.74) is 1.77. The number of amides is 1. The van der Waals surface area contributed by atoms with Crippen molar-refractivity contribution < 1.29 is 9.53 Å². The lowest BCUT2D eigenvalue weighted by Crippen LogP contribution is -2.41. The Labute approximate surface area is 126 Å². The summed E-state index contributed by atoms with van der Waals surface area (Å²) in [6, 6.07) is 6.03. The Morgan fingerprint density at radius 1 is 1.25 bits per heavy atom.